The van der Waals surface area contributed by atoms with Gasteiger partial charge in [-0.2, -0.15) is 5.10 Å². The number of aromatic amines is 1. The number of nitrogens with one attached hydrogen (secondary N) is 1. The average molecular weight is 122 g/mol. The summed E-state index contributed by atoms with van der Waals surface area (Å²) in [6, 6.07) is 1.41. The molecule has 1 aromatic heterocycles. The average Bonchev–Trinajstić information content (AvgIpc) is 1.89. The molecule has 0 saturated heterocycles. The van der Waals surface area contributed by atoms with E-state index in [9.17, 15) is 4.79 Å². The summed E-state index contributed by atoms with van der Waals surface area (Å²) in [7, 11) is 0. The van der Waals surface area contributed by atoms with Gasteiger partial charge in [0.25, 0.3) is 0 Å². The highest BCUT2D eigenvalue weighted by atomic mass is 16.1. The number of hydrogen-bond acceptors (Lipinski definition) is 2. The quantitative estimate of drug-likeness (QED) is 0.586. The summed E-state index contributed by atoms with van der Waals surface area (Å²) in [4.78, 5) is 10.7. The number of aromatic nitrogens is 2. The molecular formula is C6H6N2O. The maximum Gasteiger partial charge on any atom is 0.207 e. The van der Waals surface area contributed by atoms with Gasteiger partial charge in [-0.15, -0.1) is 0 Å². The van der Waals surface area contributed by atoms with Crippen LogP contribution in [-0.2, 0) is 0 Å². The zero-order valence-corrected chi connectivity index (χ0v) is 4.79. The Morgan fingerprint density at radius 1 is 1.78 bits per heavy atom. The first-order valence-corrected chi connectivity index (χ1v) is 2.51. The summed E-state index contributed by atoms with van der Waals surface area (Å²) in [5.74, 6) is 0. The van der Waals surface area contributed by atoms with E-state index in [4.69, 9.17) is 0 Å². The molecule has 3 heteroatoms. The fourth-order valence-electron chi connectivity index (χ4n) is 0.506. The lowest BCUT2D eigenvalue weighted by Crippen LogP contribution is -2.05. The van der Waals surface area contributed by atoms with Gasteiger partial charge in [-0.1, -0.05) is 6.58 Å². The molecule has 1 heterocycles. The van der Waals surface area contributed by atoms with E-state index in [0.717, 1.165) is 0 Å². The molecule has 1 N–H and O–H groups in total. The van der Waals surface area contributed by atoms with E-state index >= 15 is 0 Å². The molecule has 0 saturated carbocycles. The van der Waals surface area contributed by atoms with Gasteiger partial charge in [0.1, 0.15) is 5.69 Å². The summed E-state index contributed by atoms with van der Waals surface area (Å²) >= 11 is 0. The zero-order chi connectivity index (χ0) is 6.69. The standard InChI is InChI=1S/C6H6N2O/c1-2-5-6(9)3-4-7-8-5/h2-4H,1H2,(H,7,9). The summed E-state index contributed by atoms with van der Waals surface area (Å²) in [6.45, 7) is 3.41. The van der Waals surface area contributed by atoms with Crippen LogP contribution in [0.4, 0.5) is 0 Å². The maximum atomic E-state index is 10.7. The fourth-order valence-corrected chi connectivity index (χ4v) is 0.506. The highest BCUT2D eigenvalue weighted by molar-refractivity contribution is 5.39. The molecule has 0 aliphatic carbocycles. The van der Waals surface area contributed by atoms with Crippen molar-refractivity contribution in [3.05, 3.63) is 34.8 Å². The van der Waals surface area contributed by atoms with Gasteiger partial charge in [-0.05, 0) is 6.08 Å². The smallest absolute Gasteiger partial charge is 0.207 e. The van der Waals surface area contributed by atoms with Gasteiger partial charge in [0.2, 0.25) is 5.43 Å². The third-order valence-corrected chi connectivity index (χ3v) is 0.940. The van der Waals surface area contributed by atoms with Crippen molar-refractivity contribution in [2.45, 2.75) is 0 Å². The topological polar surface area (TPSA) is 45.8 Å². The highest BCUT2D eigenvalue weighted by Crippen LogP contribution is 1.80. The molecule has 0 amide bonds. The summed E-state index contributed by atoms with van der Waals surface area (Å²) in [5, 5.41) is 6.17. The Bertz CT molecular complexity index is 264. The third-order valence-electron chi connectivity index (χ3n) is 0.940. The number of hydrogen-bond donors (Lipinski definition) is 1. The van der Waals surface area contributed by atoms with Gasteiger partial charge in [-0.25, -0.2) is 0 Å². The first kappa shape index (κ1) is 5.75. The van der Waals surface area contributed by atoms with E-state index in [0.29, 0.717) is 5.69 Å². The van der Waals surface area contributed by atoms with Gasteiger partial charge >= 0.3 is 0 Å². The van der Waals surface area contributed by atoms with Crippen LogP contribution in [0.3, 0.4) is 0 Å². The molecule has 0 aliphatic rings. The van der Waals surface area contributed by atoms with Crippen molar-refractivity contribution < 1.29 is 0 Å². The van der Waals surface area contributed by atoms with Crippen molar-refractivity contribution in [2.75, 3.05) is 0 Å². The number of rotatable bonds is 1. The molecule has 0 spiro atoms. The number of nitrogens with zero attached hydrogens (tertiary/aromatic N) is 1. The Morgan fingerprint density at radius 2 is 2.56 bits per heavy atom. The van der Waals surface area contributed by atoms with Crippen LogP contribution in [-0.4, -0.2) is 10.2 Å². The molecule has 46 valence electrons. The summed E-state index contributed by atoms with van der Waals surface area (Å²) in [5.41, 5.74) is 0.251. The van der Waals surface area contributed by atoms with Crippen molar-refractivity contribution >= 4 is 6.08 Å². The van der Waals surface area contributed by atoms with Gasteiger partial charge < -0.3 is 0 Å². The highest BCUT2D eigenvalue weighted by Gasteiger charge is 1.89. The van der Waals surface area contributed by atoms with Crippen LogP contribution in [0.2, 0.25) is 0 Å². The second-order valence-electron chi connectivity index (χ2n) is 1.53. The van der Waals surface area contributed by atoms with Crippen LogP contribution >= 0.6 is 0 Å². The molecule has 0 aliphatic heterocycles. The minimum Gasteiger partial charge on any atom is -0.287 e. The van der Waals surface area contributed by atoms with Crippen molar-refractivity contribution in [3.63, 3.8) is 0 Å². The van der Waals surface area contributed by atoms with Crippen LogP contribution in [0.1, 0.15) is 5.69 Å². The van der Waals surface area contributed by atoms with Crippen LogP contribution in [0, 0.1) is 0 Å². The monoisotopic (exact) mass is 122 g/mol. The minimum absolute atomic E-state index is 0.108. The number of H-pyrrole nitrogens is 1. The van der Waals surface area contributed by atoms with Crippen LogP contribution in [0.25, 0.3) is 6.08 Å². The summed E-state index contributed by atoms with van der Waals surface area (Å²) < 4.78 is 0. The van der Waals surface area contributed by atoms with Crippen LogP contribution in [0.5, 0.6) is 0 Å². The van der Waals surface area contributed by atoms with Gasteiger partial charge in [0, 0.05) is 12.3 Å². The normalized spacial score (nSPS) is 8.89. The Balaban J connectivity index is 3.32. The molecule has 0 aromatic carbocycles. The van der Waals surface area contributed by atoms with E-state index in [2.05, 4.69) is 16.8 Å². The molecule has 0 fully saturated rings. The molecular weight excluding hydrogens is 116 g/mol. The Morgan fingerprint density at radius 3 is 3.00 bits per heavy atom. The second kappa shape index (κ2) is 2.26. The van der Waals surface area contributed by atoms with Crippen LogP contribution in [0.15, 0.2) is 23.6 Å². The predicted molar refractivity (Wildman–Crippen MR) is 34.9 cm³/mol. The van der Waals surface area contributed by atoms with Gasteiger partial charge in [0.15, 0.2) is 0 Å². The van der Waals surface area contributed by atoms with Crippen molar-refractivity contribution in [2.24, 2.45) is 0 Å². The predicted octanol–water partition coefficient (Wildman–Crippen LogP) is 0.413. The lowest BCUT2D eigenvalue weighted by atomic mass is 10.4. The van der Waals surface area contributed by atoms with E-state index in [-0.39, 0.29) is 5.43 Å². The zero-order valence-electron chi connectivity index (χ0n) is 4.79. The second-order valence-corrected chi connectivity index (χ2v) is 1.53. The Kier molecular flexibility index (Phi) is 1.44. The fraction of sp³-hybridized carbons (Fsp3) is 0. The molecule has 1 rings (SSSR count). The first-order chi connectivity index (χ1) is 4.34. The Hall–Kier alpha value is -1.38. The van der Waals surface area contributed by atoms with Crippen molar-refractivity contribution in [1.29, 1.82) is 0 Å². The van der Waals surface area contributed by atoms with E-state index in [1.807, 2.05) is 0 Å². The van der Waals surface area contributed by atoms with E-state index in [1.165, 1.54) is 18.3 Å². The molecule has 0 radical (unpaired) electrons. The molecule has 1 aromatic rings. The molecule has 3 nitrogen and oxygen atoms in total. The van der Waals surface area contributed by atoms with Gasteiger partial charge in [0.05, 0.1) is 0 Å². The first-order valence-electron chi connectivity index (χ1n) is 2.51. The molecule has 0 atom stereocenters. The SMILES string of the molecule is C=Cc1n[nH]ccc1=O. The van der Waals surface area contributed by atoms with Gasteiger partial charge in [-0.3, -0.25) is 9.89 Å². The third kappa shape index (κ3) is 1.05. The van der Waals surface area contributed by atoms with Crippen LogP contribution < -0.4 is 5.43 Å². The molecule has 0 bridgehead atoms. The van der Waals surface area contributed by atoms with Crippen molar-refractivity contribution in [1.82, 2.24) is 10.2 Å². The summed E-state index contributed by atoms with van der Waals surface area (Å²) in [6.07, 6.45) is 2.90. The van der Waals surface area contributed by atoms with Crippen molar-refractivity contribution in [3.8, 4) is 0 Å². The largest absolute Gasteiger partial charge is 0.287 e. The lowest BCUT2D eigenvalue weighted by Gasteiger charge is -1.84. The molecule has 9 heavy (non-hydrogen) atoms. The minimum atomic E-state index is -0.108. The van der Waals surface area contributed by atoms with E-state index in [1.54, 1.807) is 0 Å². The lowest BCUT2D eigenvalue weighted by molar-refractivity contribution is 1.00. The molecule has 0 unspecified atom stereocenters. The Labute approximate surface area is 52.0 Å². The van der Waals surface area contributed by atoms with E-state index < -0.39 is 0 Å². The maximum absolute atomic E-state index is 10.7.